The number of unbranched alkanes of at least 4 members (excludes halogenated alkanes) is 3. The molecule has 1 N–H and O–H groups in total. The average molecular weight is 452 g/mol. The van der Waals surface area contributed by atoms with Gasteiger partial charge in [0, 0.05) is 19.0 Å². The van der Waals surface area contributed by atoms with Gasteiger partial charge in [0.05, 0.1) is 25.7 Å². The number of carbonyl (C=O) groups excluding carboxylic acids is 1. The van der Waals surface area contributed by atoms with Crippen molar-refractivity contribution in [1.29, 1.82) is 0 Å². The summed E-state index contributed by atoms with van der Waals surface area (Å²) in [7, 11) is 0. The summed E-state index contributed by atoms with van der Waals surface area (Å²) >= 11 is 5.64. The molecular formula is C25H35ClFNO3. The molecule has 1 aliphatic carbocycles. The molecule has 2 rings (SSSR count). The number of nitrogens with one attached hydrogen (secondary N) is 1. The first-order valence-corrected chi connectivity index (χ1v) is 11.8. The maximum Gasteiger partial charge on any atom is 0.227 e. The first-order valence-electron chi connectivity index (χ1n) is 11.3. The van der Waals surface area contributed by atoms with Crippen LogP contribution in [0.3, 0.4) is 0 Å². The van der Waals surface area contributed by atoms with E-state index in [2.05, 4.69) is 5.32 Å². The minimum Gasteiger partial charge on any atom is -0.379 e. The maximum absolute atomic E-state index is 14.6. The topological polar surface area (TPSA) is 47.6 Å². The lowest BCUT2D eigenvalue weighted by Gasteiger charge is -2.21. The zero-order valence-electron chi connectivity index (χ0n) is 18.5. The second-order valence-electron chi connectivity index (χ2n) is 7.75. The van der Waals surface area contributed by atoms with Gasteiger partial charge in [-0.15, -0.1) is 11.6 Å². The van der Waals surface area contributed by atoms with E-state index in [1.165, 1.54) is 6.08 Å². The molecule has 0 radical (unpaired) electrons. The Bertz CT molecular complexity index is 721. The van der Waals surface area contributed by atoms with Crippen LogP contribution >= 0.6 is 11.6 Å². The Kier molecular flexibility index (Phi) is 12.5. The van der Waals surface area contributed by atoms with Crippen molar-refractivity contribution in [3.63, 3.8) is 0 Å². The van der Waals surface area contributed by atoms with Gasteiger partial charge in [-0.25, -0.2) is 4.39 Å². The van der Waals surface area contributed by atoms with Crippen LogP contribution < -0.4 is 5.32 Å². The highest BCUT2D eigenvalue weighted by molar-refractivity contribution is 6.17. The number of hydrogen-bond acceptors (Lipinski definition) is 3. The molecule has 6 heteroatoms. The Morgan fingerprint density at radius 1 is 1.03 bits per heavy atom. The van der Waals surface area contributed by atoms with Crippen molar-refractivity contribution >= 4 is 23.1 Å². The summed E-state index contributed by atoms with van der Waals surface area (Å²) in [6.07, 6.45) is 7.22. The molecule has 1 amide bonds. The first-order chi connectivity index (χ1) is 15.1. The van der Waals surface area contributed by atoms with Gasteiger partial charge >= 0.3 is 0 Å². The molecule has 0 heterocycles. The molecule has 0 bridgehead atoms. The van der Waals surface area contributed by atoms with E-state index >= 15 is 0 Å². The maximum atomic E-state index is 14.6. The van der Waals surface area contributed by atoms with Gasteiger partial charge in [0.1, 0.15) is 5.83 Å². The van der Waals surface area contributed by atoms with Gasteiger partial charge in [-0.3, -0.25) is 4.79 Å². The number of allylic oxidation sites excluding steroid dienone is 3. The van der Waals surface area contributed by atoms with E-state index in [-0.39, 0.29) is 17.7 Å². The molecule has 31 heavy (non-hydrogen) atoms. The lowest BCUT2D eigenvalue weighted by Crippen LogP contribution is -2.33. The zero-order chi connectivity index (χ0) is 22.3. The van der Waals surface area contributed by atoms with Gasteiger partial charge in [-0.05, 0) is 49.8 Å². The van der Waals surface area contributed by atoms with Gasteiger partial charge in [0.15, 0.2) is 0 Å². The van der Waals surface area contributed by atoms with Gasteiger partial charge < -0.3 is 14.8 Å². The van der Waals surface area contributed by atoms with E-state index < -0.39 is 0 Å². The zero-order valence-corrected chi connectivity index (χ0v) is 19.3. The highest BCUT2D eigenvalue weighted by Crippen LogP contribution is 2.34. The summed E-state index contributed by atoms with van der Waals surface area (Å²) in [6, 6.07) is 9.56. The van der Waals surface area contributed by atoms with Crippen LogP contribution in [0.1, 0.15) is 51.0 Å². The lowest BCUT2D eigenvalue weighted by molar-refractivity contribution is -0.123. The fourth-order valence-corrected chi connectivity index (χ4v) is 3.70. The van der Waals surface area contributed by atoms with E-state index in [1.807, 2.05) is 37.3 Å². The average Bonchev–Trinajstić information content (AvgIpc) is 2.79. The molecule has 0 spiro atoms. The lowest BCUT2D eigenvalue weighted by atomic mass is 9.86. The summed E-state index contributed by atoms with van der Waals surface area (Å²) in [4.78, 5) is 12.4. The number of halogens is 2. The molecule has 0 aliphatic heterocycles. The van der Waals surface area contributed by atoms with Gasteiger partial charge in [0.2, 0.25) is 5.91 Å². The van der Waals surface area contributed by atoms with E-state index in [4.69, 9.17) is 21.1 Å². The Morgan fingerprint density at radius 2 is 1.74 bits per heavy atom. The van der Waals surface area contributed by atoms with Crippen LogP contribution in [-0.4, -0.2) is 44.8 Å². The van der Waals surface area contributed by atoms with Crippen LogP contribution in [0.4, 0.5) is 4.39 Å². The fourth-order valence-electron chi connectivity index (χ4n) is 3.52. The number of amides is 1. The highest BCUT2D eigenvalue weighted by Gasteiger charge is 2.22. The van der Waals surface area contributed by atoms with Crippen LogP contribution in [0.25, 0.3) is 5.57 Å². The van der Waals surface area contributed by atoms with Crippen LogP contribution in [0.2, 0.25) is 0 Å². The van der Waals surface area contributed by atoms with Crippen molar-refractivity contribution in [2.24, 2.45) is 5.92 Å². The van der Waals surface area contributed by atoms with Crippen LogP contribution in [-0.2, 0) is 14.3 Å². The summed E-state index contributed by atoms with van der Waals surface area (Å²) in [6.45, 7) is 4.50. The minimum absolute atomic E-state index is 0.0981. The van der Waals surface area contributed by atoms with Crippen molar-refractivity contribution in [2.75, 3.05) is 38.9 Å². The predicted octanol–water partition coefficient (Wildman–Crippen LogP) is 5.67. The third-order valence-electron chi connectivity index (χ3n) is 5.43. The quantitative estimate of drug-likeness (QED) is 0.276. The SMILES string of the molecule is C[C@@H](C(=O)NCCOCCOCCCCCCCl)C1=CC(F)=C(c2ccccc2)CC1. The molecule has 172 valence electrons. The molecule has 1 aromatic rings. The van der Waals surface area contributed by atoms with Crippen molar-refractivity contribution in [2.45, 2.75) is 45.4 Å². The standard InChI is InChI=1S/C25H35ClFNO3/c1-20(22-11-12-23(24(27)19-22)21-9-5-4-6-10-21)25(29)28-14-16-31-18-17-30-15-8-3-2-7-13-26/h4-6,9-10,19-20H,2-3,7-8,11-18H2,1H3,(H,28,29)/t20-/m1/s1. The number of ether oxygens (including phenoxy) is 2. The number of benzene rings is 1. The predicted molar refractivity (Wildman–Crippen MR) is 125 cm³/mol. The van der Waals surface area contributed by atoms with Gasteiger partial charge in [-0.2, -0.15) is 0 Å². The smallest absolute Gasteiger partial charge is 0.227 e. The Balaban J connectivity index is 1.60. The first kappa shape index (κ1) is 25.6. The molecule has 0 unspecified atom stereocenters. The second kappa shape index (κ2) is 15.2. The number of rotatable bonds is 15. The van der Waals surface area contributed by atoms with Crippen LogP contribution in [0.5, 0.6) is 0 Å². The largest absolute Gasteiger partial charge is 0.379 e. The van der Waals surface area contributed by atoms with Crippen LogP contribution in [0, 0.1) is 5.92 Å². The normalized spacial score (nSPS) is 15.0. The minimum atomic E-state index is -0.356. The summed E-state index contributed by atoms with van der Waals surface area (Å²) < 4.78 is 25.6. The third kappa shape index (κ3) is 9.55. The van der Waals surface area contributed by atoms with E-state index in [0.29, 0.717) is 44.8 Å². The molecule has 1 aromatic carbocycles. The van der Waals surface area contributed by atoms with Gasteiger partial charge in [-0.1, -0.05) is 48.7 Å². The summed E-state index contributed by atoms with van der Waals surface area (Å²) in [5, 5.41) is 2.87. The molecule has 1 aliphatic rings. The molecule has 4 nitrogen and oxygen atoms in total. The molecule has 1 atom stereocenters. The second-order valence-corrected chi connectivity index (χ2v) is 8.13. The van der Waals surface area contributed by atoms with E-state index in [9.17, 15) is 9.18 Å². The summed E-state index contributed by atoms with van der Waals surface area (Å²) in [5.41, 5.74) is 2.44. The third-order valence-corrected chi connectivity index (χ3v) is 5.69. The van der Waals surface area contributed by atoms with Gasteiger partial charge in [0.25, 0.3) is 0 Å². The van der Waals surface area contributed by atoms with E-state index in [0.717, 1.165) is 49.3 Å². The fraction of sp³-hybridized carbons (Fsp3) is 0.560. The molecule has 0 aromatic heterocycles. The molecule has 0 saturated heterocycles. The monoisotopic (exact) mass is 451 g/mol. The number of carbonyl (C=O) groups is 1. The Hall–Kier alpha value is -1.69. The molecule has 0 fully saturated rings. The van der Waals surface area contributed by atoms with E-state index in [1.54, 1.807) is 0 Å². The Labute approximate surface area is 190 Å². The highest BCUT2D eigenvalue weighted by atomic mass is 35.5. The van der Waals surface area contributed by atoms with Crippen molar-refractivity contribution < 1.29 is 18.7 Å². The van der Waals surface area contributed by atoms with Crippen molar-refractivity contribution in [3.8, 4) is 0 Å². The molecule has 0 saturated carbocycles. The summed E-state index contributed by atoms with van der Waals surface area (Å²) in [5.74, 6) is 0.0313. The Morgan fingerprint density at radius 3 is 2.45 bits per heavy atom. The number of alkyl halides is 1. The van der Waals surface area contributed by atoms with Crippen molar-refractivity contribution in [3.05, 3.63) is 53.4 Å². The van der Waals surface area contributed by atoms with Crippen molar-refractivity contribution in [1.82, 2.24) is 5.32 Å². The number of hydrogen-bond donors (Lipinski definition) is 1. The van der Waals surface area contributed by atoms with Crippen LogP contribution in [0.15, 0.2) is 47.8 Å². The molecular weight excluding hydrogens is 417 g/mol.